The topological polar surface area (TPSA) is 85.3 Å². The van der Waals surface area contributed by atoms with E-state index in [-0.39, 0.29) is 6.04 Å². The molecule has 1 aliphatic rings. The second-order valence-electron chi connectivity index (χ2n) is 6.85. The van der Waals surface area contributed by atoms with Crippen LogP contribution in [0.25, 0.3) is 0 Å². The van der Waals surface area contributed by atoms with Crippen LogP contribution in [0.5, 0.6) is 0 Å². The van der Waals surface area contributed by atoms with Crippen LogP contribution in [-0.2, 0) is 9.53 Å². The summed E-state index contributed by atoms with van der Waals surface area (Å²) in [6.07, 6.45) is 3.47. The van der Waals surface area contributed by atoms with Crippen molar-refractivity contribution in [2.45, 2.75) is 26.3 Å². The standard InChI is InChI=1S/C22H20N2O5/c1-14-5-7-16(8-6-14)18-12-19(20-4-3-10-28-20)24(23-18)21(25)13-29-22(26)17-9-11-27-15(17)2/h3-11,19H,12-13H2,1-2H3. The van der Waals surface area contributed by atoms with Gasteiger partial charge in [-0.3, -0.25) is 4.79 Å². The fraction of sp³-hybridized carbons (Fsp3) is 0.227. The number of carbonyl (C=O) groups excluding carboxylic acids is 2. The van der Waals surface area contributed by atoms with E-state index in [2.05, 4.69) is 5.10 Å². The van der Waals surface area contributed by atoms with Crippen LogP contribution in [0.3, 0.4) is 0 Å². The highest BCUT2D eigenvalue weighted by molar-refractivity contribution is 6.03. The zero-order valence-electron chi connectivity index (χ0n) is 16.1. The summed E-state index contributed by atoms with van der Waals surface area (Å²) < 4.78 is 15.8. The second-order valence-corrected chi connectivity index (χ2v) is 6.85. The summed E-state index contributed by atoms with van der Waals surface area (Å²) in [7, 11) is 0. The van der Waals surface area contributed by atoms with Crippen LogP contribution in [0.15, 0.2) is 68.9 Å². The monoisotopic (exact) mass is 392 g/mol. The Balaban J connectivity index is 1.52. The zero-order valence-corrected chi connectivity index (χ0v) is 16.1. The van der Waals surface area contributed by atoms with Gasteiger partial charge in [0.05, 0.1) is 18.2 Å². The number of nitrogens with zero attached hydrogens (tertiary/aromatic N) is 2. The number of benzene rings is 1. The average molecular weight is 392 g/mol. The Morgan fingerprint density at radius 2 is 1.90 bits per heavy atom. The minimum absolute atomic E-state index is 0.297. The van der Waals surface area contributed by atoms with Gasteiger partial charge in [-0.05, 0) is 37.6 Å². The van der Waals surface area contributed by atoms with Gasteiger partial charge >= 0.3 is 5.97 Å². The maximum absolute atomic E-state index is 12.8. The summed E-state index contributed by atoms with van der Waals surface area (Å²) in [5.74, 6) is 0.0297. The van der Waals surface area contributed by atoms with E-state index in [0.29, 0.717) is 23.5 Å². The molecule has 4 rings (SSSR count). The quantitative estimate of drug-likeness (QED) is 0.612. The van der Waals surface area contributed by atoms with E-state index in [4.69, 9.17) is 13.6 Å². The van der Waals surface area contributed by atoms with Crippen LogP contribution in [0, 0.1) is 13.8 Å². The number of rotatable bonds is 5. The van der Waals surface area contributed by atoms with Crippen molar-refractivity contribution in [1.82, 2.24) is 5.01 Å². The van der Waals surface area contributed by atoms with Gasteiger partial charge in [0, 0.05) is 6.42 Å². The van der Waals surface area contributed by atoms with Crippen molar-refractivity contribution in [2.75, 3.05) is 6.61 Å². The summed E-state index contributed by atoms with van der Waals surface area (Å²) >= 11 is 0. The number of hydrogen-bond donors (Lipinski definition) is 0. The largest absolute Gasteiger partial charge is 0.469 e. The number of hydrazone groups is 1. The minimum atomic E-state index is -0.610. The molecule has 7 heteroatoms. The van der Waals surface area contributed by atoms with E-state index >= 15 is 0 Å². The minimum Gasteiger partial charge on any atom is -0.469 e. The molecule has 7 nitrogen and oxygen atoms in total. The third-order valence-corrected chi connectivity index (χ3v) is 4.83. The van der Waals surface area contributed by atoms with E-state index in [1.807, 2.05) is 31.2 Å². The van der Waals surface area contributed by atoms with Gasteiger partial charge in [0.15, 0.2) is 6.61 Å². The molecule has 0 saturated carbocycles. The summed E-state index contributed by atoms with van der Waals surface area (Å²) in [4.78, 5) is 25.0. The number of ether oxygens (including phenoxy) is 1. The molecule has 0 N–H and O–H groups in total. The van der Waals surface area contributed by atoms with Crippen LogP contribution in [-0.4, -0.2) is 29.2 Å². The molecule has 148 valence electrons. The molecular formula is C22H20N2O5. The van der Waals surface area contributed by atoms with Crippen molar-refractivity contribution in [3.05, 3.63) is 83.2 Å². The first-order valence-electron chi connectivity index (χ1n) is 9.24. The second kappa shape index (κ2) is 7.79. The van der Waals surface area contributed by atoms with Gasteiger partial charge in [0.25, 0.3) is 5.91 Å². The number of hydrogen-bond acceptors (Lipinski definition) is 6. The van der Waals surface area contributed by atoms with Crippen LogP contribution in [0.1, 0.15) is 45.5 Å². The molecule has 0 spiro atoms. The Morgan fingerprint density at radius 3 is 2.55 bits per heavy atom. The van der Waals surface area contributed by atoms with Gasteiger partial charge in [-0.25, -0.2) is 9.80 Å². The maximum Gasteiger partial charge on any atom is 0.342 e. The Bertz CT molecular complexity index is 1050. The smallest absolute Gasteiger partial charge is 0.342 e. The van der Waals surface area contributed by atoms with Crippen molar-refractivity contribution in [1.29, 1.82) is 0 Å². The molecule has 1 amide bonds. The lowest BCUT2D eigenvalue weighted by atomic mass is 10.0. The van der Waals surface area contributed by atoms with Crippen molar-refractivity contribution in [2.24, 2.45) is 5.10 Å². The predicted octanol–water partition coefficient (Wildman–Crippen LogP) is 4.02. The van der Waals surface area contributed by atoms with Crippen molar-refractivity contribution in [3.8, 4) is 0 Å². The van der Waals surface area contributed by atoms with E-state index in [9.17, 15) is 9.59 Å². The molecule has 1 atom stereocenters. The molecule has 0 fully saturated rings. The SMILES string of the molecule is Cc1ccc(C2=NN(C(=O)COC(=O)c3ccoc3C)C(c3ccco3)C2)cc1. The lowest BCUT2D eigenvalue weighted by molar-refractivity contribution is -0.136. The molecule has 29 heavy (non-hydrogen) atoms. The van der Waals surface area contributed by atoms with E-state index < -0.39 is 18.5 Å². The van der Waals surface area contributed by atoms with Crippen LogP contribution in [0.4, 0.5) is 0 Å². The number of furan rings is 2. The lowest BCUT2D eigenvalue weighted by Gasteiger charge is -2.19. The molecule has 2 aromatic heterocycles. The fourth-order valence-electron chi connectivity index (χ4n) is 3.23. The highest BCUT2D eigenvalue weighted by Crippen LogP contribution is 2.33. The van der Waals surface area contributed by atoms with Gasteiger partial charge in [-0.2, -0.15) is 5.10 Å². The maximum atomic E-state index is 12.8. The molecule has 0 radical (unpaired) electrons. The van der Waals surface area contributed by atoms with Gasteiger partial charge in [-0.1, -0.05) is 29.8 Å². The molecule has 3 aromatic rings. The summed E-state index contributed by atoms with van der Waals surface area (Å²) in [5, 5.41) is 5.85. The third kappa shape index (κ3) is 3.85. The number of aryl methyl sites for hydroxylation is 2. The third-order valence-electron chi connectivity index (χ3n) is 4.83. The molecule has 0 saturated heterocycles. The predicted molar refractivity (Wildman–Crippen MR) is 104 cm³/mol. The van der Waals surface area contributed by atoms with Gasteiger partial charge in [0.1, 0.15) is 23.1 Å². The van der Waals surface area contributed by atoms with E-state index in [1.54, 1.807) is 25.3 Å². The number of carbonyl (C=O) groups is 2. The highest BCUT2D eigenvalue weighted by Gasteiger charge is 2.35. The Hall–Kier alpha value is -3.61. The fourth-order valence-corrected chi connectivity index (χ4v) is 3.23. The Morgan fingerprint density at radius 1 is 1.10 bits per heavy atom. The molecule has 3 heterocycles. The molecule has 0 bridgehead atoms. The van der Waals surface area contributed by atoms with Crippen molar-refractivity contribution < 1.29 is 23.2 Å². The zero-order chi connectivity index (χ0) is 20.4. The first-order valence-corrected chi connectivity index (χ1v) is 9.24. The molecule has 1 aliphatic heterocycles. The Kier molecular flexibility index (Phi) is 5.03. The first kappa shape index (κ1) is 18.7. The average Bonchev–Trinajstić information content (AvgIpc) is 3.46. The van der Waals surface area contributed by atoms with Crippen LogP contribution >= 0.6 is 0 Å². The number of amides is 1. The van der Waals surface area contributed by atoms with Gasteiger partial charge in [0.2, 0.25) is 0 Å². The van der Waals surface area contributed by atoms with Gasteiger partial charge in [-0.15, -0.1) is 0 Å². The Labute approximate surface area is 167 Å². The van der Waals surface area contributed by atoms with Crippen LogP contribution < -0.4 is 0 Å². The van der Waals surface area contributed by atoms with Crippen molar-refractivity contribution >= 4 is 17.6 Å². The molecule has 1 unspecified atom stereocenters. The summed E-state index contributed by atoms with van der Waals surface area (Å²) in [5.41, 5.74) is 3.15. The summed E-state index contributed by atoms with van der Waals surface area (Å²) in [6.45, 7) is 3.24. The van der Waals surface area contributed by atoms with Gasteiger partial charge < -0.3 is 13.6 Å². The summed E-state index contributed by atoms with van der Waals surface area (Å²) in [6, 6.07) is 12.6. The van der Waals surface area contributed by atoms with Crippen LogP contribution in [0.2, 0.25) is 0 Å². The van der Waals surface area contributed by atoms with Crippen molar-refractivity contribution in [3.63, 3.8) is 0 Å². The highest BCUT2D eigenvalue weighted by atomic mass is 16.5. The van der Waals surface area contributed by atoms with E-state index in [0.717, 1.165) is 16.8 Å². The number of esters is 1. The lowest BCUT2D eigenvalue weighted by Crippen LogP contribution is -2.31. The molecule has 1 aromatic carbocycles. The molecule has 0 aliphatic carbocycles. The normalized spacial score (nSPS) is 16.0. The first-order chi connectivity index (χ1) is 14.0. The van der Waals surface area contributed by atoms with E-state index in [1.165, 1.54) is 17.3 Å². The molecular weight excluding hydrogens is 372 g/mol.